The van der Waals surface area contributed by atoms with E-state index in [2.05, 4.69) is 97.1 Å². The van der Waals surface area contributed by atoms with E-state index in [0.717, 1.165) is 0 Å². The summed E-state index contributed by atoms with van der Waals surface area (Å²) in [4.78, 5) is 0. The molecule has 1 aliphatic carbocycles. The van der Waals surface area contributed by atoms with Gasteiger partial charge in [-0.15, -0.1) is 0 Å². The fourth-order valence-corrected chi connectivity index (χ4v) is 5.90. The first kappa shape index (κ1) is 15.0. The molecule has 8 rings (SSSR count). The minimum absolute atomic E-state index is 1.32. The van der Waals surface area contributed by atoms with E-state index in [0.29, 0.717) is 0 Å². The van der Waals surface area contributed by atoms with Crippen molar-refractivity contribution in [2.75, 3.05) is 0 Å². The van der Waals surface area contributed by atoms with Crippen molar-refractivity contribution < 1.29 is 0 Å². The van der Waals surface area contributed by atoms with Gasteiger partial charge in [0.15, 0.2) is 0 Å². The molecule has 0 aliphatic heterocycles. The van der Waals surface area contributed by atoms with Crippen molar-refractivity contribution in [1.82, 2.24) is 0 Å². The maximum Gasteiger partial charge on any atom is -0.00197 e. The lowest BCUT2D eigenvalue weighted by Gasteiger charge is -2.15. The highest BCUT2D eigenvalue weighted by molar-refractivity contribution is 6.32. The van der Waals surface area contributed by atoms with E-state index in [1.165, 1.54) is 76.1 Å². The fourth-order valence-electron chi connectivity index (χ4n) is 5.90. The Morgan fingerprint density at radius 2 is 0.967 bits per heavy atom. The van der Waals surface area contributed by atoms with Crippen molar-refractivity contribution >= 4 is 53.9 Å². The third-order valence-corrected chi connectivity index (χ3v) is 7.11. The topological polar surface area (TPSA) is 0 Å². The molecule has 0 unspecified atom stereocenters. The van der Waals surface area contributed by atoms with Crippen molar-refractivity contribution in [2.24, 2.45) is 0 Å². The van der Waals surface area contributed by atoms with Gasteiger partial charge >= 0.3 is 0 Å². The number of rotatable bonds is 0. The van der Waals surface area contributed by atoms with Crippen LogP contribution in [0.2, 0.25) is 0 Å². The van der Waals surface area contributed by atoms with Gasteiger partial charge in [0.05, 0.1) is 0 Å². The second-order valence-corrected chi connectivity index (χ2v) is 8.53. The van der Waals surface area contributed by atoms with E-state index < -0.39 is 0 Å². The third-order valence-electron chi connectivity index (χ3n) is 7.11. The number of hydrogen-bond donors (Lipinski definition) is 0. The molecule has 0 nitrogen and oxygen atoms in total. The number of hydrogen-bond acceptors (Lipinski definition) is 0. The average molecular weight is 376 g/mol. The van der Waals surface area contributed by atoms with Crippen molar-refractivity contribution in [1.29, 1.82) is 0 Å². The quantitative estimate of drug-likeness (QED) is 0.184. The fraction of sp³-hybridized carbons (Fsp3) is 0. The molecule has 7 aromatic rings. The summed E-state index contributed by atoms with van der Waals surface area (Å²) in [6.45, 7) is 0. The molecular weight excluding hydrogens is 360 g/mol. The first-order valence-electron chi connectivity index (χ1n) is 10.5. The van der Waals surface area contributed by atoms with Crippen LogP contribution in [0.3, 0.4) is 0 Å². The largest absolute Gasteiger partial charge is 0.0610 e. The normalized spacial score (nSPS) is 12.7. The highest BCUT2D eigenvalue weighted by Crippen LogP contribution is 2.51. The van der Waals surface area contributed by atoms with E-state index in [4.69, 9.17) is 0 Å². The molecule has 1 aliphatic rings. The molecule has 0 saturated heterocycles. The van der Waals surface area contributed by atoms with Gasteiger partial charge < -0.3 is 0 Å². The van der Waals surface area contributed by atoms with Crippen molar-refractivity contribution in [3.8, 4) is 22.3 Å². The Morgan fingerprint density at radius 1 is 0.333 bits per heavy atom. The van der Waals surface area contributed by atoms with Gasteiger partial charge in [-0.25, -0.2) is 0 Å². The van der Waals surface area contributed by atoms with Crippen LogP contribution < -0.4 is 0 Å². The molecule has 0 heteroatoms. The Morgan fingerprint density at radius 3 is 1.80 bits per heavy atom. The molecule has 0 fully saturated rings. The summed E-state index contributed by atoms with van der Waals surface area (Å²) in [6, 6.07) is 36.3. The molecule has 0 radical (unpaired) electrons. The zero-order valence-electron chi connectivity index (χ0n) is 16.2. The molecule has 0 amide bonds. The summed E-state index contributed by atoms with van der Waals surface area (Å²) in [5, 5.41) is 13.6. The maximum atomic E-state index is 2.42. The van der Waals surface area contributed by atoms with E-state index in [9.17, 15) is 0 Å². The Kier molecular flexibility index (Phi) is 2.49. The smallest absolute Gasteiger partial charge is 0.00197 e. The highest BCUT2D eigenvalue weighted by Gasteiger charge is 2.24. The van der Waals surface area contributed by atoms with Crippen LogP contribution in [0, 0.1) is 0 Å². The Bertz CT molecular complexity index is 1810. The van der Waals surface area contributed by atoms with Gasteiger partial charge in [0, 0.05) is 0 Å². The van der Waals surface area contributed by atoms with Crippen LogP contribution in [0.5, 0.6) is 0 Å². The predicted molar refractivity (Wildman–Crippen MR) is 130 cm³/mol. The third kappa shape index (κ3) is 1.62. The van der Waals surface area contributed by atoms with E-state index in [1.807, 2.05) is 0 Å². The van der Waals surface area contributed by atoms with Crippen LogP contribution in [-0.2, 0) is 0 Å². The van der Waals surface area contributed by atoms with E-state index in [-0.39, 0.29) is 0 Å². The predicted octanol–water partition coefficient (Wildman–Crippen LogP) is 8.54. The molecular formula is C30H16. The van der Waals surface area contributed by atoms with Gasteiger partial charge in [-0.05, 0) is 82.2 Å². The molecule has 7 aromatic carbocycles. The van der Waals surface area contributed by atoms with Gasteiger partial charge in [0.2, 0.25) is 0 Å². The second kappa shape index (κ2) is 4.98. The molecule has 0 N–H and O–H groups in total. The lowest BCUT2D eigenvalue weighted by atomic mass is 9.88. The Labute approximate surface area is 173 Å². The highest BCUT2D eigenvalue weighted by atomic mass is 14.3. The van der Waals surface area contributed by atoms with Crippen LogP contribution in [0.1, 0.15) is 0 Å². The van der Waals surface area contributed by atoms with Crippen LogP contribution in [-0.4, -0.2) is 0 Å². The summed E-state index contributed by atoms with van der Waals surface area (Å²) < 4.78 is 0. The second-order valence-electron chi connectivity index (χ2n) is 8.53. The minimum Gasteiger partial charge on any atom is -0.0610 e. The molecule has 0 aromatic heterocycles. The molecule has 0 spiro atoms. The molecule has 0 saturated carbocycles. The molecule has 0 bridgehead atoms. The van der Waals surface area contributed by atoms with Crippen molar-refractivity contribution in [3.05, 3.63) is 97.1 Å². The van der Waals surface area contributed by atoms with Crippen LogP contribution in [0.4, 0.5) is 0 Å². The van der Waals surface area contributed by atoms with Crippen LogP contribution in [0.25, 0.3) is 76.1 Å². The van der Waals surface area contributed by atoms with Crippen molar-refractivity contribution in [3.63, 3.8) is 0 Å². The van der Waals surface area contributed by atoms with Gasteiger partial charge in [-0.3, -0.25) is 0 Å². The standard InChI is InChI=1S/C30H16/c1-4-18-10-11-20-16-26-21(23-13-12-19(5-1)27(18)29(20)23)14-15-24-22-8-2-6-17-7-3-9-25(28(17)22)30(24)26/h1-16H. The lowest BCUT2D eigenvalue weighted by molar-refractivity contribution is 1.76. The van der Waals surface area contributed by atoms with Gasteiger partial charge in [-0.2, -0.15) is 0 Å². The zero-order chi connectivity index (χ0) is 19.4. The first-order chi connectivity index (χ1) is 14.9. The molecule has 0 atom stereocenters. The first-order valence-corrected chi connectivity index (χ1v) is 10.5. The Balaban J connectivity index is 1.64. The summed E-state index contributed by atoms with van der Waals surface area (Å²) in [5.41, 5.74) is 5.49. The number of fused-ring (bicyclic) bond motifs is 6. The summed E-state index contributed by atoms with van der Waals surface area (Å²) >= 11 is 0. The molecule has 0 heterocycles. The minimum atomic E-state index is 1.32. The van der Waals surface area contributed by atoms with Crippen LogP contribution in [0.15, 0.2) is 97.1 Å². The van der Waals surface area contributed by atoms with Gasteiger partial charge in [0.25, 0.3) is 0 Å². The molecule has 30 heavy (non-hydrogen) atoms. The van der Waals surface area contributed by atoms with E-state index in [1.54, 1.807) is 0 Å². The average Bonchev–Trinajstić information content (AvgIpc) is 3.13. The van der Waals surface area contributed by atoms with Gasteiger partial charge in [0.1, 0.15) is 0 Å². The monoisotopic (exact) mass is 376 g/mol. The van der Waals surface area contributed by atoms with Crippen LogP contribution >= 0.6 is 0 Å². The van der Waals surface area contributed by atoms with E-state index >= 15 is 0 Å². The summed E-state index contributed by atoms with van der Waals surface area (Å²) in [6.07, 6.45) is 0. The Hall–Kier alpha value is -3.90. The van der Waals surface area contributed by atoms with Gasteiger partial charge in [-0.1, -0.05) is 91.0 Å². The summed E-state index contributed by atoms with van der Waals surface area (Å²) in [5.74, 6) is 0. The lowest BCUT2D eigenvalue weighted by Crippen LogP contribution is -1.87. The summed E-state index contributed by atoms with van der Waals surface area (Å²) in [7, 11) is 0. The zero-order valence-corrected chi connectivity index (χ0v) is 16.2. The SMILES string of the molecule is c1cc2c3c(cccc3c1)-c1c-2ccc2c1cc1ccc3cccc4ccc2c1c34. The maximum absolute atomic E-state index is 2.42. The molecule has 136 valence electrons. The number of benzene rings is 7. The van der Waals surface area contributed by atoms with Crippen molar-refractivity contribution in [2.45, 2.75) is 0 Å².